The smallest absolute Gasteiger partial charge is 0.305 e. The first kappa shape index (κ1) is 13.1. The van der Waals surface area contributed by atoms with Gasteiger partial charge in [0, 0.05) is 6.42 Å². The Morgan fingerprint density at radius 1 is 1.44 bits per heavy atom. The lowest BCUT2D eigenvalue weighted by Gasteiger charge is -2.16. The van der Waals surface area contributed by atoms with Gasteiger partial charge in [-0.15, -0.1) is 0 Å². The van der Waals surface area contributed by atoms with Gasteiger partial charge in [-0.05, 0) is 27.2 Å². The number of hydrogen-bond acceptors (Lipinski definition) is 5. The maximum Gasteiger partial charge on any atom is 0.305 e. The van der Waals surface area contributed by atoms with Gasteiger partial charge < -0.3 is 19.0 Å². The fraction of sp³-hybridized carbons (Fsp3) is 0.818. The molecule has 1 aliphatic heterocycles. The second-order valence-corrected chi connectivity index (χ2v) is 4.12. The number of esters is 1. The molecule has 0 radical (unpaired) electrons. The van der Waals surface area contributed by atoms with Gasteiger partial charge in [0.1, 0.15) is 6.10 Å². The van der Waals surface area contributed by atoms with Crippen LogP contribution in [-0.2, 0) is 23.8 Å². The van der Waals surface area contributed by atoms with Crippen molar-refractivity contribution in [1.82, 2.24) is 0 Å². The molecule has 1 aliphatic rings. The van der Waals surface area contributed by atoms with E-state index in [4.69, 9.17) is 14.2 Å². The van der Waals surface area contributed by atoms with Crippen molar-refractivity contribution in [3.63, 3.8) is 0 Å². The van der Waals surface area contributed by atoms with Crippen LogP contribution >= 0.6 is 0 Å². The molecule has 1 saturated heterocycles. The van der Waals surface area contributed by atoms with Crippen LogP contribution in [0, 0.1) is 0 Å². The minimum absolute atomic E-state index is 0.238. The molecule has 0 N–H and O–H groups in total. The van der Waals surface area contributed by atoms with Crippen LogP contribution in [0.3, 0.4) is 0 Å². The molecular formula is C11H18O5. The summed E-state index contributed by atoms with van der Waals surface area (Å²) in [4.78, 5) is 21.9. The molecule has 5 heteroatoms. The molecule has 0 spiro atoms. The minimum Gasteiger partial charge on any atom is -0.466 e. The molecule has 0 aromatic rings. The second kappa shape index (κ2) is 5.41. The van der Waals surface area contributed by atoms with Gasteiger partial charge in [-0.1, -0.05) is 0 Å². The molecule has 0 unspecified atom stereocenters. The van der Waals surface area contributed by atoms with Gasteiger partial charge in [0.05, 0.1) is 12.7 Å². The van der Waals surface area contributed by atoms with Crippen LogP contribution < -0.4 is 0 Å². The third kappa shape index (κ3) is 3.57. The van der Waals surface area contributed by atoms with Crippen molar-refractivity contribution >= 4 is 12.3 Å². The summed E-state index contributed by atoms with van der Waals surface area (Å²) in [6.07, 6.45) is 0.430. The zero-order chi connectivity index (χ0) is 12.2. The van der Waals surface area contributed by atoms with Crippen molar-refractivity contribution in [3.05, 3.63) is 0 Å². The monoisotopic (exact) mass is 230 g/mol. The van der Waals surface area contributed by atoms with E-state index in [9.17, 15) is 9.59 Å². The number of hydrogen-bond donors (Lipinski definition) is 0. The van der Waals surface area contributed by atoms with E-state index in [1.54, 1.807) is 20.8 Å². The van der Waals surface area contributed by atoms with Crippen molar-refractivity contribution in [3.8, 4) is 0 Å². The zero-order valence-corrected chi connectivity index (χ0v) is 9.89. The summed E-state index contributed by atoms with van der Waals surface area (Å²) in [6.45, 7) is 5.61. The van der Waals surface area contributed by atoms with Gasteiger partial charge in [0.2, 0.25) is 0 Å². The lowest BCUT2D eigenvalue weighted by atomic mass is 10.1. The normalized spacial score (nSPS) is 27.7. The van der Waals surface area contributed by atoms with E-state index in [0.29, 0.717) is 19.3 Å². The van der Waals surface area contributed by atoms with E-state index in [0.717, 1.165) is 0 Å². The quantitative estimate of drug-likeness (QED) is 0.522. The Bertz CT molecular complexity index is 261. The van der Waals surface area contributed by atoms with Crippen molar-refractivity contribution < 1.29 is 23.8 Å². The van der Waals surface area contributed by atoms with E-state index < -0.39 is 11.9 Å². The number of carbonyl (C=O) groups is 2. The molecule has 0 aliphatic carbocycles. The molecular weight excluding hydrogens is 212 g/mol. The SMILES string of the molecule is CCOC(=O)CC[C@H]1OC(C)(C)O[C@H]1C=O. The maximum absolute atomic E-state index is 11.1. The van der Waals surface area contributed by atoms with Gasteiger partial charge in [0.15, 0.2) is 12.1 Å². The summed E-state index contributed by atoms with van der Waals surface area (Å²) >= 11 is 0. The van der Waals surface area contributed by atoms with Crippen molar-refractivity contribution in [1.29, 1.82) is 0 Å². The molecule has 92 valence electrons. The van der Waals surface area contributed by atoms with E-state index in [1.807, 2.05) is 0 Å². The molecule has 1 rings (SSSR count). The van der Waals surface area contributed by atoms with Crippen LogP contribution in [-0.4, -0.2) is 36.9 Å². The molecule has 0 bridgehead atoms. The number of ether oxygens (including phenoxy) is 3. The lowest BCUT2D eigenvalue weighted by molar-refractivity contribution is -0.152. The third-order valence-electron chi connectivity index (χ3n) is 2.29. The number of carbonyl (C=O) groups excluding carboxylic acids is 2. The zero-order valence-electron chi connectivity index (χ0n) is 9.89. The molecule has 1 heterocycles. The minimum atomic E-state index is -0.759. The molecule has 2 atom stereocenters. The van der Waals surface area contributed by atoms with Crippen molar-refractivity contribution in [2.45, 2.75) is 51.6 Å². The topological polar surface area (TPSA) is 61.8 Å². The van der Waals surface area contributed by atoms with Gasteiger partial charge in [-0.3, -0.25) is 4.79 Å². The number of rotatable bonds is 5. The van der Waals surface area contributed by atoms with Gasteiger partial charge in [-0.2, -0.15) is 0 Å². The average Bonchev–Trinajstić information content (AvgIpc) is 2.51. The van der Waals surface area contributed by atoms with E-state index in [-0.39, 0.29) is 18.5 Å². The van der Waals surface area contributed by atoms with E-state index in [2.05, 4.69) is 0 Å². The highest BCUT2D eigenvalue weighted by molar-refractivity contribution is 5.69. The Hall–Kier alpha value is -0.940. The fourth-order valence-corrected chi connectivity index (χ4v) is 1.69. The maximum atomic E-state index is 11.1. The summed E-state index contributed by atoms with van der Waals surface area (Å²) in [6, 6.07) is 0. The summed E-state index contributed by atoms with van der Waals surface area (Å²) in [5.41, 5.74) is 0. The largest absolute Gasteiger partial charge is 0.466 e. The van der Waals surface area contributed by atoms with Crippen LogP contribution in [0.4, 0.5) is 0 Å². The van der Waals surface area contributed by atoms with Crippen LogP contribution in [0.1, 0.15) is 33.6 Å². The van der Waals surface area contributed by atoms with E-state index >= 15 is 0 Å². The fourth-order valence-electron chi connectivity index (χ4n) is 1.69. The Morgan fingerprint density at radius 2 is 2.12 bits per heavy atom. The predicted octanol–water partition coefficient (Wildman–Crippen LogP) is 1.05. The van der Waals surface area contributed by atoms with Gasteiger partial charge >= 0.3 is 5.97 Å². The highest BCUT2D eigenvalue weighted by Gasteiger charge is 2.40. The molecule has 0 aromatic heterocycles. The van der Waals surface area contributed by atoms with E-state index in [1.165, 1.54) is 0 Å². The third-order valence-corrected chi connectivity index (χ3v) is 2.29. The average molecular weight is 230 g/mol. The summed E-state index contributed by atoms with van der Waals surface area (Å²) < 4.78 is 15.7. The Kier molecular flexibility index (Phi) is 4.44. The first-order chi connectivity index (χ1) is 7.48. The van der Waals surface area contributed by atoms with Crippen LogP contribution in [0.2, 0.25) is 0 Å². The first-order valence-electron chi connectivity index (χ1n) is 5.45. The summed E-state index contributed by atoms with van der Waals surface area (Å²) in [5, 5.41) is 0. The van der Waals surface area contributed by atoms with Crippen molar-refractivity contribution in [2.24, 2.45) is 0 Å². The molecule has 0 saturated carbocycles. The van der Waals surface area contributed by atoms with Gasteiger partial charge in [0.25, 0.3) is 0 Å². The molecule has 0 aromatic carbocycles. The predicted molar refractivity (Wildman–Crippen MR) is 55.8 cm³/mol. The molecule has 5 nitrogen and oxygen atoms in total. The lowest BCUT2D eigenvalue weighted by Crippen LogP contribution is -2.24. The highest BCUT2D eigenvalue weighted by atomic mass is 16.8. The summed E-state index contributed by atoms with van der Waals surface area (Å²) in [7, 11) is 0. The molecule has 0 amide bonds. The Balaban J connectivity index is 2.41. The standard InChI is InChI=1S/C11H18O5/c1-4-14-10(13)6-5-8-9(7-12)16-11(2,3)15-8/h7-9H,4-6H2,1-3H3/t8-,9+/m1/s1. The Labute approximate surface area is 95.0 Å². The Morgan fingerprint density at radius 3 is 2.69 bits per heavy atom. The highest BCUT2D eigenvalue weighted by Crippen LogP contribution is 2.29. The summed E-state index contributed by atoms with van der Waals surface area (Å²) in [5.74, 6) is -1.04. The van der Waals surface area contributed by atoms with Crippen LogP contribution in [0.5, 0.6) is 0 Å². The molecule has 1 fully saturated rings. The van der Waals surface area contributed by atoms with Crippen LogP contribution in [0.15, 0.2) is 0 Å². The second-order valence-electron chi connectivity index (χ2n) is 4.12. The molecule has 16 heavy (non-hydrogen) atoms. The van der Waals surface area contributed by atoms with Crippen LogP contribution in [0.25, 0.3) is 0 Å². The number of aldehydes is 1. The first-order valence-corrected chi connectivity index (χ1v) is 5.45. The van der Waals surface area contributed by atoms with Crippen molar-refractivity contribution in [2.75, 3.05) is 6.61 Å². The van der Waals surface area contributed by atoms with Gasteiger partial charge in [-0.25, -0.2) is 0 Å².